The first-order valence-electron chi connectivity index (χ1n) is 8.08. The Hall–Kier alpha value is -1.07. The van der Waals surface area contributed by atoms with E-state index in [1.165, 1.54) is 25.7 Å². The molecule has 3 atom stereocenters. The molecule has 1 fully saturated rings. The number of aliphatic hydroxyl groups excluding tert-OH is 1. The average molecular weight is 297 g/mol. The van der Waals surface area contributed by atoms with Crippen molar-refractivity contribution in [1.29, 1.82) is 0 Å². The Bertz CT molecular complexity index is 376. The quantitative estimate of drug-likeness (QED) is 0.752. The van der Waals surface area contributed by atoms with Crippen LogP contribution in [0, 0.1) is 17.8 Å². The highest BCUT2D eigenvalue weighted by Crippen LogP contribution is 2.43. The molecule has 21 heavy (non-hydrogen) atoms. The fourth-order valence-corrected chi connectivity index (χ4v) is 3.68. The van der Waals surface area contributed by atoms with Crippen LogP contribution < -0.4 is 5.73 Å². The molecule has 1 heterocycles. The van der Waals surface area contributed by atoms with Crippen molar-refractivity contribution in [2.75, 3.05) is 13.2 Å². The van der Waals surface area contributed by atoms with Gasteiger partial charge in [-0.2, -0.15) is 0 Å². The lowest BCUT2D eigenvalue weighted by molar-refractivity contribution is -0.175. The van der Waals surface area contributed by atoms with E-state index in [2.05, 4.69) is 0 Å². The normalized spacial score (nSPS) is 30.0. The molecule has 2 rings (SSSR count). The molecule has 1 saturated carbocycles. The van der Waals surface area contributed by atoms with E-state index < -0.39 is 12.2 Å². The Morgan fingerprint density at radius 2 is 2.19 bits per heavy atom. The van der Waals surface area contributed by atoms with Crippen LogP contribution in [0.2, 0.25) is 0 Å². The molecule has 0 spiro atoms. The van der Waals surface area contributed by atoms with Crippen LogP contribution in [0.4, 0.5) is 0 Å². The molecular weight excluding hydrogens is 270 g/mol. The van der Waals surface area contributed by atoms with Gasteiger partial charge in [0, 0.05) is 19.1 Å². The van der Waals surface area contributed by atoms with Gasteiger partial charge >= 0.3 is 0 Å². The number of hydrogen-bond donors (Lipinski definition) is 2. The molecular formula is C16H27NO4. The minimum atomic E-state index is -0.525. The summed E-state index contributed by atoms with van der Waals surface area (Å²) in [6.45, 7) is 2.61. The SMILES string of the molecule is CCO[C@@H]1OC(C(N)=O)=C[C@H](C2CCCC2)[C@@H]1CCCO. The van der Waals surface area contributed by atoms with E-state index in [1.807, 2.05) is 13.0 Å². The van der Waals surface area contributed by atoms with Crippen LogP contribution >= 0.6 is 0 Å². The van der Waals surface area contributed by atoms with E-state index in [1.54, 1.807) is 0 Å². The summed E-state index contributed by atoms with van der Waals surface area (Å²) in [5.74, 6) is 0.721. The minimum absolute atomic E-state index is 0.166. The molecule has 0 bridgehead atoms. The molecule has 1 aliphatic heterocycles. The van der Waals surface area contributed by atoms with Crippen LogP contribution in [0.1, 0.15) is 45.4 Å². The van der Waals surface area contributed by atoms with Crippen molar-refractivity contribution < 1.29 is 19.4 Å². The first-order chi connectivity index (χ1) is 10.2. The summed E-state index contributed by atoms with van der Waals surface area (Å²) in [7, 11) is 0. The third-order valence-electron chi connectivity index (χ3n) is 4.64. The second-order valence-electron chi connectivity index (χ2n) is 5.99. The number of carbonyl (C=O) groups excluding carboxylic acids is 1. The van der Waals surface area contributed by atoms with Crippen LogP contribution in [0.15, 0.2) is 11.8 Å². The Balaban J connectivity index is 2.22. The van der Waals surface area contributed by atoms with Crippen LogP contribution in [0.25, 0.3) is 0 Å². The van der Waals surface area contributed by atoms with Crippen molar-refractivity contribution in [3.05, 3.63) is 11.8 Å². The fourth-order valence-electron chi connectivity index (χ4n) is 3.68. The smallest absolute Gasteiger partial charge is 0.283 e. The number of carbonyl (C=O) groups is 1. The van der Waals surface area contributed by atoms with Gasteiger partial charge in [0.25, 0.3) is 5.91 Å². The average Bonchev–Trinajstić information content (AvgIpc) is 2.99. The van der Waals surface area contributed by atoms with Gasteiger partial charge in [-0.15, -0.1) is 0 Å². The van der Waals surface area contributed by atoms with Crippen molar-refractivity contribution in [3.63, 3.8) is 0 Å². The number of aliphatic hydroxyl groups is 1. The van der Waals surface area contributed by atoms with Crippen LogP contribution in [0.5, 0.6) is 0 Å². The maximum Gasteiger partial charge on any atom is 0.283 e. The van der Waals surface area contributed by atoms with E-state index in [9.17, 15) is 4.79 Å². The van der Waals surface area contributed by atoms with Crippen LogP contribution in [-0.4, -0.2) is 30.5 Å². The lowest BCUT2D eigenvalue weighted by Crippen LogP contribution is -2.40. The first-order valence-corrected chi connectivity index (χ1v) is 8.08. The Kier molecular flexibility index (Phi) is 6.06. The highest BCUT2D eigenvalue weighted by atomic mass is 16.7. The van der Waals surface area contributed by atoms with Crippen molar-refractivity contribution >= 4 is 5.91 Å². The van der Waals surface area contributed by atoms with Crippen LogP contribution in [-0.2, 0) is 14.3 Å². The Labute approximate surface area is 126 Å². The van der Waals surface area contributed by atoms with Gasteiger partial charge in [0.15, 0.2) is 5.76 Å². The summed E-state index contributed by atoms with van der Waals surface area (Å²) in [5.41, 5.74) is 5.40. The zero-order valence-corrected chi connectivity index (χ0v) is 12.8. The summed E-state index contributed by atoms with van der Waals surface area (Å²) in [5, 5.41) is 9.13. The van der Waals surface area contributed by atoms with Gasteiger partial charge < -0.3 is 20.3 Å². The predicted molar refractivity (Wildman–Crippen MR) is 79.0 cm³/mol. The third kappa shape index (κ3) is 3.98. The zero-order chi connectivity index (χ0) is 15.2. The number of nitrogens with two attached hydrogens (primary N) is 1. The van der Waals surface area contributed by atoms with Gasteiger partial charge in [0.05, 0.1) is 0 Å². The number of rotatable bonds is 7. The number of ether oxygens (including phenoxy) is 2. The summed E-state index contributed by atoms with van der Waals surface area (Å²) < 4.78 is 11.4. The van der Waals surface area contributed by atoms with Crippen molar-refractivity contribution in [2.45, 2.75) is 51.7 Å². The molecule has 1 amide bonds. The number of allylic oxidation sites excluding steroid dienone is 1. The second kappa shape index (κ2) is 7.80. The Morgan fingerprint density at radius 3 is 2.76 bits per heavy atom. The topological polar surface area (TPSA) is 81.8 Å². The lowest BCUT2D eigenvalue weighted by Gasteiger charge is -2.39. The summed E-state index contributed by atoms with van der Waals surface area (Å²) >= 11 is 0. The molecule has 5 heteroatoms. The van der Waals surface area contributed by atoms with E-state index in [4.69, 9.17) is 20.3 Å². The molecule has 0 aromatic rings. The molecule has 0 aromatic heterocycles. The second-order valence-corrected chi connectivity index (χ2v) is 5.99. The predicted octanol–water partition coefficient (Wildman–Crippen LogP) is 1.94. The van der Waals surface area contributed by atoms with Crippen LogP contribution in [0.3, 0.4) is 0 Å². The summed E-state index contributed by atoms with van der Waals surface area (Å²) in [6.07, 6.45) is 7.89. The van der Waals surface area contributed by atoms with Gasteiger partial charge in [-0.05, 0) is 50.5 Å². The fraction of sp³-hybridized carbons (Fsp3) is 0.812. The minimum Gasteiger partial charge on any atom is -0.459 e. The number of amides is 1. The number of hydrogen-bond acceptors (Lipinski definition) is 4. The molecule has 2 aliphatic rings. The zero-order valence-electron chi connectivity index (χ0n) is 12.8. The number of primary amides is 1. The highest BCUT2D eigenvalue weighted by Gasteiger charge is 2.40. The van der Waals surface area contributed by atoms with Gasteiger partial charge in [-0.1, -0.05) is 12.8 Å². The molecule has 5 nitrogen and oxygen atoms in total. The van der Waals surface area contributed by atoms with E-state index in [-0.39, 0.29) is 24.2 Å². The largest absolute Gasteiger partial charge is 0.459 e. The van der Waals surface area contributed by atoms with E-state index >= 15 is 0 Å². The molecule has 3 N–H and O–H groups in total. The van der Waals surface area contributed by atoms with Gasteiger partial charge in [0.1, 0.15) is 0 Å². The van der Waals surface area contributed by atoms with Gasteiger partial charge in [-0.25, -0.2) is 0 Å². The lowest BCUT2D eigenvalue weighted by atomic mass is 9.76. The van der Waals surface area contributed by atoms with Gasteiger partial charge in [-0.3, -0.25) is 4.79 Å². The van der Waals surface area contributed by atoms with E-state index in [0.717, 1.165) is 12.8 Å². The third-order valence-corrected chi connectivity index (χ3v) is 4.64. The molecule has 0 aromatic carbocycles. The monoisotopic (exact) mass is 297 g/mol. The van der Waals surface area contributed by atoms with E-state index in [0.29, 0.717) is 12.5 Å². The van der Waals surface area contributed by atoms with Crippen molar-refractivity contribution in [1.82, 2.24) is 0 Å². The first kappa shape index (κ1) is 16.3. The van der Waals surface area contributed by atoms with Crippen molar-refractivity contribution in [3.8, 4) is 0 Å². The molecule has 120 valence electrons. The maximum absolute atomic E-state index is 11.5. The highest BCUT2D eigenvalue weighted by molar-refractivity contribution is 5.90. The van der Waals surface area contributed by atoms with Gasteiger partial charge in [0.2, 0.25) is 6.29 Å². The summed E-state index contributed by atoms with van der Waals surface area (Å²) in [6, 6.07) is 0. The summed E-state index contributed by atoms with van der Waals surface area (Å²) in [4.78, 5) is 11.5. The molecule has 0 unspecified atom stereocenters. The standard InChI is InChI=1S/C16H27NO4/c1-2-20-16-12(8-5-9-18)13(11-6-3-4-7-11)10-14(21-16)15(17)19/h10-13,16,18H,2-9H2,1H3,(H2,17,19)/t12-,13+,16+/m0/s1. The molecule has 0 radical (unpaired) electrons. The molecule has 0 saturated heterocycles. The van der Waals surface area contributed by atoms with Crippen molar-refractivity contribution in [2.24, 2.45) is 23.5 Å². The Morgan fingerprint density at radius 1 is 1.48 bits per heavy atom. The maximum atomic E-state index is 11.5. The molecule has 1 aliphatic carbocycles.